The molecule has 0 fully saturated rings. The number of para-hydroxylation sites is 1. The minimum Gasteiger partial charge on any atom is -0.496 e. The van der Waals surface area contributed by atoms with Crippen molar-refractivity contribution >= 4 is 23.3 Å². The molecule has 44 heavy (non-hydrogen) atoms. The summed E-state index contributed by atoms with van der Waals surface area (Å²) in [5.74, 6) is 0.944. The number of fused-ring (bicyclic) bond motifs is 1. The van der Waals surface area contributed by atoms with Gasteiger partial charge in [0.25, 0.3) is 11.5 Å². The molecule has 2 heterocycles. The maximum Gasteiger partial charge on any atom is 0.271 e. The third-order valence-corrected chi connectivity index (χ3v) is 8.55. The summed E-state index contributed by atoms with van der Waals surface area (Å²) in [5.41, 5.74) is 2.55. The zero-order chi connectivity index (χ0) is 31.4. The lowest BCUT2D eigenvalue weighted by atomic mass is 9.94. The smallest absolute Gasteiger partial charge is 0.271 e. The molecule has 8 nitrogen and oxygen atoms in total. The number of carbonyl (C=O) groups excluding carboxylic acids is 1. The molecule has 0 bridgehead atoms. The Kier molecular flexibility index (Phi) is 9.29. The van der Waals surface area contributed by atoms with Gasteiger partial charge in [-0.05, 0) is 56.7 Å². The Bertz CT molecular complexity index is 1910. The average Bonchev–Trinajstić information content (AvgIpc) is 3.34. The number of allylic oxidation sites excluding steroid dienone is 1. The van der Waals surface area contributed by atoms with E-state index in [-0.39, 0.29) is 23.9 Å². The van der Waals surface area contributed by atoms with Crippen LogP contribution in [0.1, 0.15) is 43.5 Å². The fourth-order valence-corrected chi connectivity index (χ4v) is 6.32. The monoisotopic (exact) mass is 615 g/mol. The number of thiazole rings is 1. The second-order valence-corrected chi connectivity index (χ2v) is 11.1. The summed E-state index contributed by atoms with van der Waals surface area (Å²) < 4.78 is 33.2. The minimum absolute atomic E-state index is 0.0395. The topological polar surface area (TPSA) is 82.4 Å². The summed E-state index contributed by atoms with van der Waals surface area (Å²) in [5, 5.41) is 0. The number of hydrogen-bond donors (Lipinski definition) is 0. The molecule has 0 saturated carbocycles. The number of aromatic nitrogens is 1. The van der Waals surface area contributed by atoms with Gasteiger partial charge in [0.15, 0.2) is 16.3 Å². The van der Waals surface area contributed by atoms with E-state index in [0.29, 0.717) is 67.6 Å². The predicted octanol–water partition coefficient (Wildman–Crippen LogP) is 4.84. The number of methoxy groups -OCH3 is 2. The molecule has 1 aliphatic heterocycles. The normalized spacial score (nSPS) is 14.6. The van der Waals surface area contributed by atoms with Crippen molar-refractivity contribution in [2.75, 3.05) is 27.3 Å². The summed E-state index contributed by atoms with van der Waals surface area (Å²) in [4.78, 5) is 34.9. The number of likely N-dealkylation sites (N-methyl/N-ethyl adjacent to an activating group) is 1. The van der Waals surface area contributed by atoms with Gasteiger partial charge in [-0.1, -0.05) is 53.8 Å². The molecule has 228 valence electrons. The van der Waals surface area contributed by atoms with Gasteiger partial charge in [0.1, 0.15) is 24.2 Å². The Balaban J connectivity index is 1.59. The van der Waals surface area contributed by atoms with Crippen molar-refractivity contribution in [3.63, 3.8) is 0 Å². The first-order valence-electron chi connectivity index (χ1n) is 14.3. The summed E-state index contributed by atoms with van der Waals surface area (Å²) >= 11 is 1.25. The van der Waals surface area contributed by atoms with Crippen LogP contribution in [0.3, 0.4) is 0 Å². The van der Waals surface area contributed by atoms with Crippen molar-refractivity contribution in [3.05, 3.63) is 120 Å². The first-order chi connectivity index (χ1) is 21.3. The van der Waals surface area contributed by atoms with Crippen molar-refractivity contribution in [3.8, 4) is 17.2 Å². The predicted molar refractivity (Wildman–Crippen MR) is 168 cm³/mol. The molecule has 3 aromatic carbocycles. The Morgan fingerprint density at radius 1 is 1.00 bits per heavy atom. The number of ether oxygens (including phenoxy) is 3. The largest absolute Gasteiger partial charge is 0.496 e. The van der Waals surface area contributed by atoms with Gasteiger partial charge in [0.2, 0.25) is 0 Å². The van der Waals surface area contributed by atoms with Gasteiger partial charge in [-0.15, -0.1) is 0 Å². The van der Waals surface area contributed by atoms with E-state index in [1.54, 1.807) is 66.0 Å². The number of nitrogens with zero attached hydrogens (tertiary/aromatic N) is 3. The zero-order valence-electron chi connectivity index (χ0n) is 25.3. The van der Waals surface area contributed by atoms with E-state index in [2.05, 4.69) is 0 Å². The van der Waals surface area contributed by atoms with Crippen LogP contribution >= 0.6 is 11.3 Å². The van der Waals surface area contributed by atoms with Crippen LogP contribution in [0.5, 0.6) is 17.2 Å². The second kappa shape index (κ2) is 13.3. The Hall–Kier alpha value is -4.70. The van der Waals surface area contributed by atoms with Crippen LogP contribution < -0.4 is 29.1 Å². The highest BCUT2D eigenvalue weighted by Crippen LogP contribution is 2.36. The maximum absolute atomic E-state index is 14.1. The molecule has 0 aliphatic carbocycles. The highest BCUT2D eigenvalue weighted by Gasteiger charge is 2.35. The van der Waals surface area contributed by atoms with Gasteiger partial charge < -0.3 is 19.1 Å². The zero-order valence-corrected chi connectivity index (χ0v) is 26.1. The second-order valence-electron chi connectivity index (χ2n) is 10.1. The number of halogens is 1. The Morgan fingerprint density at radius 3 is 2.41 bits per heavy atom. The van der Waals surface area contributed by atoms with E-state index in [4.69, 9.17) is 19.2 Å². The first-order valence-corrected chi connectivity index (χ1v) is 15.1. The van der Waals surface area contributed by atoms with Gasteiger partial charge in [-0.2, -0.15) is 0 Å². The molecule has 0 N–H and O–H groups in total. The molecule has 0 spiro atoms. The van der Waals surface area contributed by atoms with Crippen molar-refractivity contribution < 1.29 is 23.4 Å². The van der Waals surface area contributed by atoms with Gasteiger partial charge in [0, 0.05) is 24.2 Å². The van der Waals surface area contributed by atoms with Crippen LogP contribution in [-0.4, -0.2) is 42.7 Å². The first kappa shape index (κ1) is 30.7. The van der Waals surface area contributed by atoms with Gasteiger partial charge in [-0.25, -0.2) is 9.38 Å². The Labute approximate surface area is 259 Å². The lowest BCUT2D eigenvalue weighted by Crippen LogP contribution is -2.43. The SMILES string of the molecule is CCN(CC)C(=O)C1=C(C)N=c2s/c(=C/c3ccc(OCc4ccccc4F)c(OC)c3)c(=O)n2[C@H]1c1ccccc1OC. The molecule has 1 aromatic heterocycles. The maximum atomic E-state index is 14.1. The van der Waals surface area contributed by atoms with E-state index < -0.39 is 6.04 Å². The molecule has 10 heteroatoms. The van der Waals surface area contributed by atoms with Crippen molar-refractivity contribution in [2.24, 2.45) is 4.99 Å². The molecule has 1 aliphatic rings. The molecule has 4 aromatic rings. The number of benzene rings is 3. The van der Waals surface area contributed by atoms with E-state index in [1.165, 1.54) is 24.5 Å². The van der Waals surface area contributed by atoms with Crippen LogP contribution in [0.25, 0.3) is 6.08 Å². The molecule has 1 atom stereocenters. The summed E-state index contributed by atoms with van der Waals surface area (Å²) in [6.45, 7) is 6.75. The lowest BCUT2D eigenvalue weighted by molar-refractivity contribution is -0.127. The van der Waals surface area contributed by atoms with Gasteiger partial charge >= 0.3 is 0 Å². The number of rotatable bonds is 10. The standard InChI is InChI=1S/C34H34FN3O5S/c1-6-37(7-2)33(40)30-21(3)36-34-38(31(30)24-13-9-11-15-26(24)41-4)32(39)29(44-34)19-22-16-17-27(28(18-22)42-5)43-20-23-12-8-10-14-25(23)35/h8-19,31H,6-7,20H2,1-5H3/b29-19+/t31-/m0/s1. The highest BCUT2D eigenvalue weighted by atomic mass is 32.1. The Morgan fingerprint density at radius 2 is 1.70 bits per heavy atom. The fourth-order valence-electron chi connectivity index (χ4n) is 5.28. The van der Waals surface area contributed by atoms with Crippen molar-refractivity contribution in [1.29, 1.82) is 0 Å². The van der Waals surface area contributed by atoms with Crippen molar-refractivity contribution in [2.45, 2.75) is 33.4 Å². The van der Waals surface area contributed by atoms with E-state index >= 15 is 0 Å². The van der Waals surface area contributed by atoms with Crippen LogP contribution in [0, 0.1) is 5.82 Å². The number of hydrogen-bond acceptors (Lipinski definition) is 7. The number of amides is 1. The minimum atomic E-state index is -0.721. The average molecular weight is 616 g/mol. The highest BCUT2D eigenvalue weighted by molar-refractivity contribution is 7.07. The van der Waals surface area contributed by atoms with Gasteiger partial charge in [-0.3, -0.25) is 14.2 Å². The molecule has 0 radical (unpaired) electrons. The van der Waals surface area contributed by atoms with Gasteiger partial charge in [0.05, 0.1) is 30.0 Å². The quantitative estimate of drug-likeness (QED) is 0.255. The van der Waals surface area contributed by atoms with Crippen LogP contribution in [0.15, 0.2) is 87.8 Å². The third-order valence-electron chi connectivity index (χ3n) is 7.56. The van der Waals surface area contributed by atoms with Crippen LogP contribution in [0.2, 0.25) is 0 Å². The molecule has 0 saturated heterocycles. The van der Waals surface area contributed by atoms with Crippen LogP contribution in [0.4, 0.5) is 4.39 Å². The molecule has 5 rings (SSSR count). The lowest BCUT2D eigenvalue weighted by Gasteiger charge is -2.29. The summed E-state index contributed by atoms with van der Waals surface area (Å²) in [6, 6.07) is 18.4. The molecular formula is C34H34FN3O5S. The number of carbonyl (C=O) groups is 1. The van der Waals surface area contributed by atoms with E-state index in [1.807, 2.05) is 38.1 Å². The van der Waals surface area contributed by atoms with Crippen LogP contribution in [-0.2, 0) is 11.4 Å². The molecule has 0 unspecified atom stereocenters. The summed E-state index contributed by atoms with van der Waals surface area (Å²) in [7, 11) is 3.09. The summed E-state index contributed by atoms with van der Waals surface area (Å²) in [6.07, 6.45) is 1.76. The fraction of sp³-hybridized carbons (Fsp3) is 0.265. The third kappa shape index (κ3) is 5.90. The van der Waals surface area contributed by atoms with E-state index in [9.17, 15) is 14.0 Å². The van der Waals surface area contributed by atoms with E-state index in [0.717, 1.165) is 0 Å². The molecular weight excluding hydrogens is 581 g/mol. The van der Waals surface area contributed by atoms with Crippen molar-refractivity contribution in [1.82, 2.24) is 9.47 Å². The molecule has 1 amide bonds.